The molecule has 148 valence electrons. The van der Waals surface area contributed by atoms with Crippen molar-refractivity contribution in [3.05, 3.63) is 36.4 Å². The van der Waals surface area contributed by atoms with E-state index in [0.717, 1.165) is 22.6 Å². The van der Waals surface area contributed by atoms with Crippen LogP contribution in [-0.2, 0) is 9.84 Å². The molecule has 2 aromatic carbocycles. The Morgan fingerprint density at radius 1 is 1.25 bits per heavy atom. The second-order valence-electron chi connectivity index (χ2n) is 6.63. The molecule has 28 heavy (non-hydrogen) atoms. The van der Waals surface area contributed by atoms with E-state index in [4.69, 9.17) is 9.15 Å². The molecule has 1 saturated heterocycles. The van der Waals surface area contributed by atoms with Gasteiger partial charge < -0.3 is 19.4 Å². The van der Waals surface area contributed by atoms with E-state index < -0.39 is 21.2 Å². The van der Waals surface area contributed by atoms with E-state index in [1.807, 2.05) is 30.3 Å². The highest BCUT2D eigenvalue weighted by Gasteiger charge is 2.34. The molecule has 2 amide bonds. The van der Waals surface area contributed by atoms with Crippen molar-refractivity contribution < 1.29 is 22.4 Å². The molecule has 1 aromatic heterocycles. The smallest absolute Gasteiger partial charge is 0.323 e. The maximum absolute atomic E-state index is 12.9. The van der Waals surface area contributed by atoms with Crippen LogP contribution in [0.3, 0.4) is 0 Å². The molecule has 0 unspecified atom stereocenters. The normalized spacial score (nSPS) is 17.8. The molecule has 0 radical (unpaired) electrons. The van der Waals surface area contributed by atoms with Crippen LogP contribution in [0.15, 0.2) is 40.8 Å². The zero-order valence-electron chi connectivity index (χ0n) is 15.5. The molecule has 1 aliphatic heterocycles. The third-order valence-corrected chi connectivity index (χ3v) is 7.42. The van der Waals surface area contributed by atoms with Gasteiger partial charge >= 0.3 is 6.03 Å². The number of rotatable bonds is 3. The number of hydrogen-bond acceptors (Lipinski definition) is 6. The van der Waals surface area contributed by atoms with Gasteiger partial charge in [0.25, 0.3) is 0 Å². The molecule has 0 saturated carbocycles. The number of urea groups is 1. The lowest BCUT2D eigenvalue weighted by Gasteiger charge is -2.34. The van der Waals surface area contributed by atoms with Crippen LogP contribution in [0.25, 0.3) is 21.9 Å². The first-order chi connectivity index (χ1) is 13.4. The molecule has 4 rings (SSSR count). The maximum Gasteiger partial charge on any atom is 0.323 e. The highest BCUT2D eigenvalue weighted by Crippen LogP contribution is 2.36. The number of methoxy groups -OCH3 is 1. The zero-order chi connectivity index (χ0) is 19.9. The molecule has 1 atom stereocenters. The summed E-state index contributed by atoms with van der Waals surface area (Å²) in [7, 11) is -1.86. The lowest BCUT2D eigenvalue weighted by atomic mass is 10.1. The fourth-order valence-corrected chi connectivity index (χ4v) is 6.19. The van der Waals surface area contributed by atoms with Crippen molar-refractivity contribution in [3.8, 4) is 5.75 Å². The summed E-state index contributed by atoms with van der Waals surface area (Å²) in [5.41, 5.74) is 1.80. The number of sulfone groups is 1. The molecule has 0 bridgehead atoms. The van der Waals surface area contributed by atoms with Crippen molar-refractivity contribution in [1.82, 2.24) is 4.90 Å². The van der Waals surface area contributed by atoms with Crippen molar-refractivity contribution in [3.63, 3.8) is 0 Å². The number of nitrogens with zero attached hydrogens (tertiary/aromatic N) is 1. The molecule has 1 fully saturated rings. The molecular weight excluding hydrogens is 400 g/mol. The van der Waals surface area contributed by atoms with Crippen LogP contribution >= 0.6 is 11.8 Å². The summed E-state index contributed by atoms with van der Waals surface area (Å²) >= 11 is 1.53. The second kappa shape index (κ2) is 7.21. The van der Waals surface area contributed by atoms with E-state index in [2.05, 4.69) is 5.32 Å². The Kier molecular flexibility index (Phi) is 4.88. The number of para-hydroxylation sites is 1. The maximum atomic E-state index is 12.9. The van der Waals surface area contributed by atoms with Crippen molar-refractivity contribution in [2.75, 3.05) is 36.7 Å². The first-order valence-corrected chi connectivity index (χ1v) is 11.8. The van der Waals surface area contributed by atoms with Gasteiger partial charge in [-0.3, -0.25) is 0 Å². The second-order valence-corrected chi connectivity index (χ2v) is 9.98. The van der Waals surface area contributed by atoms with Crippen molar-refractivity contribution in [2.24, 2.45) is 0 Å². The Morgan fingerprint density at radius 3 is 2.79 bits per heavy atom. The predicted octanol–water partition coefficient (Wildman–Crippen LogP) is 3.55. The minimum absolute atomic E-state index is 0.365. The minimum atomic E-state index is -3.39. The van der Waals surface area contributed by atoms with Gasteiger partial charge in [0.2, 0.25) is 0 Å². The molecule has 9 heteroatoms. The SMILES string of the molecule is COc1cc2c(cc1NC(=O)N1CCSC[C@H]1S(C)(=O)=O)oc1ccccc12. The number of thioether (sulfide) groups is 1. The van der Waals surface area contributed by atoms with E-state index in [9.17, 15) is 13.2 Å². The van der Waals surface area contributed by atoms with Crippen LogP contribution in [0.5, 0.6) is 5.75 Å². The first-order valence-electron chi connectivity index (χ1n) is 8.72. The number of carbonyl (C=O) groups excluding carboxylic acids is 1. The summed E-state index contributed by atoms with van der Waals surface area (Å²) in [6, 6.07) is 10.7. The van der Waals surface area contributed by atoms with Gasteiger partial charge in [0.15, 0.2) is 9.84 Å². The number of furan rings is 1. The van der Waals surface area contributed by atoms with Crippen molar-refractivity contribution in [2.45, 2.75) is 5.37 Å². The highest BCUT2D eigenvalue weighted by atomic mass is 32.2. The van der Waals surface area contributed by atoms with Crippen molar-refractivity contribution in [1.29, 1.82) is 0 Å². The van der Waals surface area contributed by atoms with Crippen LogP contribution < -0.4 is 10.1 Å². The van der Waals surface area contributed by atoms with Gasteiger partial charge in [0.05, 0.1) is 12.8 Å². The Morgan fingerprint density at radius 2 is 2.04 bits per heavy atom. The third-order valence-electron chi connectivity index (χ3n) is 4.78. The highest BCUT2D eigenvalue weighted by molar-refractivity contribution is 8.00. The Hall–Kier alpha value is -2.39. The number of ether oxygens (including phenoxy) is 1. The average molecular weight is 421 g/mol. The van der Waals surface area contributed by atoms with Crippen LogP contribution in [0.2, 0.25) is 0 Å². The van der Waals surface area contributed by atoms with Gasteiger partial charge in [-0.1, -0.05) is 18.2 Å². The molecule has 1 aliphatic rings. The number of benzene rings is 2. The molecule has 3 aromatic rings. The van der Waals surface area contributed by atoms with Gasteiger partial charge in [-0.25, -0.2) is 13.2 Å². The predicted molar refractivity (Wildman–Crippen MR) is 112 cm³/mol. The molecule has 2 heterocycles. The molecule has 7 nitrogen and oxygen atoms in total. The van der Waals surface area contributed by atoms with Crippen molar-refractivity contribution >= 4 is 55.3 Å². The van der Waals surface area contributed by atoms with E-state index in [-0.39, 0.29) is 0 Å². The summed E-state index contributed by atoms with van der Waals surface area (Å²) in [5, 5.41) is 3.80. The average Bonchev–Trinajstić information content (AvgIpc) is 3.04. The fraction of sp³-hybridized carbons (Fsp3) is 0.316. The minimum Gasteiger partial charge on any atom is -0.495 e. The van der Waals surface area contributed by atoms with Crippen LogP contribution in [0.4, 0.5) is 10.5 Å². The van der Waals surface area contributed by atoms with Crippen LogP contribution in [0, 0.1) is 0 Å². The summed E-state index contributed by atoms with van der Waals surface area (Å²) in [6.45, 7) is 0.365. The third kappa shape index (κ3) is 3.40. The zero-order valence-corrected chi connectivity index (χ0v) is 17.1. The lowest BCUT2D eigenvalue weighted by molar-refractivity contribution is 0.210. The summed E-state index contributed by atoms with van der Waals surface area (Å²) in [4.78, 5) is 14.2. The number of amides is 2. The summed E-state index contributed by atoms with van der Waals surface area (Å²) < 4.78 is 35.5. The number of carbonyl (C=O) groups is 1. The Balaban J connectivity index is 1.70. The quantitative estimate of drug-likeness (QED) is 0.697. The number of nitrogens with one attached hydrogen (secondary N) is 1. The number of fused-ring (bicyclic) bond motifs is 3. The Bertz CT molecular complexity index is 1160. The van der Waals surface area contributed by atoms with Crippen LogP contribution in [-0.4, -0.2) is 56.1 Å². The molecule has 1 N–H and O–H groups in total. The monoisotopic (exact) mass is 420 g/mol. The molecule has 0 spiro atoms. The topological polar surface area (TPSA) is 88.9 Å². The Labute approximate surface area is 166 Å². The van der Waals surface area contributed by atoms with E-state index in [0.29, 0.717) is 35.1 Å². The fourth-order valence-electron chi connectivity index (χ4n) is 3.37. The summed E-state index contributed by atoms with van der Waals surface area (Å²) in [6.07, 6.45) is 1.16. The van der Waals surface area contributed by atoms with E-state index in [1.54, 1.807) is 6.07 Å². The van der Waals surface area contributed by atoms with E-state index in [1.165, 1.54) is 23.8 Å². The standard InChI is InChI=1S/C19H20N2O5S2/c1-25-17-9-13-12-5-3-4-6-15(12)26-16(13)10-14(17)20-19(22)21-7-8-27-11-18(21)28(2,23)24/h3-6,9-10,18H,7-8,11H2,1-2H3,(H,20,22)/t18-/m1/s1. The molecule has 0 aliphatic carbocycles. The van der Waals surface area contributed by atoms with Gasteiger partial charge in [0.1, 0.15) is 22.3 Å². The molecular formula is C19H20N2O5S2. The summed E-state index contributed by atoms with van der Waals surface area (Å²) in [5.74, 6) is 1.54. The largest absolute Gasteiger partial charge is 0.495 e. The van der Waals surface area contributed by atoms with Gasteiger partial charge in [0, 0.05) is 41.1 Å². The van der Waals surface area contributed by atoms with Crippen LogP contribution in [0.1, 0.15) is 0 Å². The number of hydrogen-bond donors (Lipinski definition) is 1. The van der Waals surface area contributed by atoms with Gasteiger partial charge in [-0.15, -0.1) is 0 Å². The van der Waals surface area contributed by atoms with Gasteiger partial charge in [-0.2, -0.15) is 11.8 Å². The lowest BCUT2D eigenvalue weighted by Crippen LogP contribution is -2.51. The number of anilines is 1. The van der Waals surface area contributed by atoms with E-state index >= 15 is 0 Å². The first kappa shape index (κ1) is 18.9. The van der Waals surface area contributed by atoms with Gasteiger partial charge in [-0.05, 0) is 12.1 Å².